The molecule has 134 valence electrons. The van der Waals surface area contributed by atoms with Crippen molar-refractivity contribution in [2.24, 2.45) is 7.05 Å². The third-order valence-electron chi connectivity index (χ3n) is 4.18. The van der Waals surface area contributed by atoms with Gasteiger partial charge in [-0.1, -0.05) is 18.2 Å². The number of para-hydroxylation sites is 1. The number of amides is 1. The fraction of sp³-hybridized carbons (Fsp3) is 0.353. The summed E-state index contributed by atoms with van der Waals surface area (Å²) < 4.78 is 6.61. The number of nitrogens with zero attached hydrogens (tertiary/aromatic N) is 3. The number of aromatic nitrogens is 2. The third-order valence-corrected chi connectivity index (χ3v) is 4.18. The molecular weight excluding hydrogens is 344 g/mol. The molecule has 1 aliphatic heterocycles. The van der Waals surface area contributed by atoms with Crippen molar-refractivity contribution >= 4 is 18.3 Å². The van der Waals surface area contributed by atoms with Gasteiger partial charge in [-0.25, -0.2) is 4.68 Å². The van der Waals surface area contributed by atoms with E-state index >= 15 is 0 Å². The molecule has 3 rings (SSSR count). The van der Waals surface area contributed by atoms with Crippen LogP contribution in [-0.4, -0.2) is 47.3 Å². The minimum atomic E-state index is -0.242. The van der Waals surface area contributed by atoms with Gasteiger partial charge in [0.1, 0.15) is 11.4 Å². The molecule has 1 aromatic heterocycles. The predicted molar refractivity (Wildman–Crippen MR) is 96.4 cm³/mol. The summed E-state index contributed by atoms with van der Waals surface area (Å²) in [4.78, 5) is 26.2. The lowest BCUT2D eigenvalue weighted by molar-refractivity contribution is 0.0623. The minimum Gasteiger partial charge on any atom is -0.496 e. The molecular formula is C17H21ClN4O3. The molecule has 1 N–H and O–H groups in total. The van der Waals surface area contributed by atoms with E-state index < -0.39 is 0 Å². The molecule has 1 amide bonds. The topological polar surface area (TPSA) is 76.5 Å². The van der Waals surface area contributed by atoms with E-state index in [-0.39, 0.29) is 35.6 Å². The molecule has 2 aromatic rings. The maximum Gasteiger partial charge on any atom is 0.274 e. The van der Waals surface area contributed by atoms with Crippen LogP contribution < -0.4 is 15.6 Å². The Morgan fingerprint density at radius 2 is 2.04 bits per heavy atom. The Labute approximate surface area is 152 Å². The van der Waals surface area contributed by atoms with Crippen LogP contribution in [0.15, 0.2) is 41.2 Å². The lowest BCUT2D eigenvalue weighted by Crippen LogP contribution is -2.49. The van der Waals surface area contributed by atoms with Crippen LogP contribution in [0.5, 0.6) is 5.75 Å². The van der Waals surface area contributed by atoms with Crippen LogP contribution in [0.3, 0.4) is 0 Å². The van der Waals surface area contributed by atoms with Crippen LogP contribution in [0.25, 0.3) is 0 Å². The van der Waals surface area contributed by atoms with Crippen molar-refractivity contribution in [2.45, 2.75) is 6.04 Å². The molecule has 0 spiro atoms. The van der Waals surface area contributed by atoms with Gasteiger partial charge in [-0.15, -0.1) is 12.4 Å². The van der Waals surface area contributed by atoms with E-state index in [1.54, 1.807) is 12.0 Å². The summed E-state index contributed by atoms with van der Waals surface area (Å²) in [5.41, 5.74) is 0.970. The second kappa shape index (κ2) is 8.13. The molecule has 1 aromatic carbocycles. The summed E-state index contributed by atoms with van der Waals surface area (Å²) in [6, 6.07) is 10.4. The van der Waals surface area contributed by atoms with Crippen molar-refractivity contribution in [1.82, 2.24) is 20.0 Å². The van der Waals surface area contributed by atoms with Crippen LogP contribution >= 0.6 is 12.4 Å². The van der Waals surface area contributed by atoms with E-state index in [0.29, 0.717) is 19.6 Å². The monoisotopic (exact) mass is 364 g/mol. The van der Waals surface area contributed by atoms with Crippen LogP contribution in [0.4, 0.5) is 0 Å². The first-order chi connectivity index (χ1) is 11.6. The van der Waals surface area contributed by atoms with Crippen LogP contribution in [0, 0.1) is 0 Å². The Balaban J connectivity index is 0.00000225. The van der Waals surface area contributed by atoms with Crippen molar-refractivity contribution in [3.63, 3.8) is 0 Å². The van der Waals surface area contributed by atoms with E-state index in [1.165, 1.54) is 23.9 Å². The number of piperazine rings is 1. The molecule has 0 saturated carbocycles. The number of hydrogen-bond donors (Lipinski definition) is 1. The zero-order valence-electron chi connectivity index (χ0n) is 14.1. The van der Waals surface area contributed by atoms with E-state index in [9.17, 15) is 9.59 Å². The molecule has 2 heterocycles. The summed E-state index contributed by atoms with van der Waals surface area (Å²) in [6.45, 7) is 1.91. The van der Waals surface area contributed by atoms with Gasteiger partial charge in [0.2, 0.25) is 0 Å². The van der Waals surface area contributed by atoms with Crippen LogP contribution in [-0.2, 0) is 7.05 Å². The number of ether oxygens (including phenoxy) is 1. The predicted octanol–water partition coefficient (Wildman–Crippen LogP) is 0.997. The number of rotatable bonds is 3. The molecule has 7 nitrogen and oxygen atoms in total. The highest BCUT2D eigenvalue weighted by atomic mass is 35.5. The number of carbonyl (C=O) groups is 1. The lowest BCUT2D eigenvalue weighted by atomic mass is 10.0. The van der Waals surface area contributed by atoms with Gasteiger partial charge in [-0.2, -0.15) is 5.10 Å². The van der Waals surface area contributed by atoms with Gasteiger partial charge in [0.25, 0.3) is 11.5 Å². The highest BCUT2D eigenvalue weighted by Gasteiger charge is 2.31. The largest absolute Gasteiger partial charge is 0.496 e. The van der Waals surface area contributed by atoms with Crippen molar-refractivity contribution < 1.29 is 9.53 Å². The Morgan fingerprint density at radius 3 is 2.76 bits per heavy atom. The lowest BCUT2D eigenvalue weighted by Gasteiger charge is -2.36. The van der Waals surface area contributed by atoms with Crippen molar-refractivity contribution in [1.29, 1.82) is 0 Å². The number of carbonyl (C=O) groups excluding carboxylic acids is 1. The Morgan fingerprint density at radius 1 is 1.28 bits per heavy atom. The number of halogens is 1. The van der Waals surface area contributed by atoms with Gasteiger partial charge in [-0.3, -0.25) is 9.59 Å². The minimum absolute atomic E-state index is 0. The standard InChI is InChI=1S/C17H20N4O3.ClH/c1-20-16(22)8-7-13(19-20)17(23)21-10-9-18-11-14(21)12-5-3-4-6-15(12)24-2;/h3-8,14,18H,9-11H2,1-2H3;1H. The fourth-order valence-corrected chi connectivity index (χ4v) is 2.93. The van der Waals surface area contributed by atoms with Crippen LogP contribution in [0.2, 0.25) is 0 Å². The van der Waals surface area contributed by atoms with Crippen molar-refractivity contribution in [3.05, 3.63) is 58.0 Å². The second-order valence-corrected chi connectivity index (χ2v) is 5.64. The summed E-state index contributed by atoms with van der Waals surface area (Å²) in [5, 5.41) is 7.40. The van der Waals surface area contributed by atoms with Gasteiger partial charge in [0.15, 0.2) is 0 Å². The van der Waals surface area contributed by atoms with Gasteiger partial charge >= 0.3 is 0 Å². The fourth-order valence-electron chi connectivity index (χ4n) is 2.93. The zero-order chi connectivity index (χ0) is 17.1. The quantitative estimate of drug-likeness (QED) is 0.879. The van der Waals surface area contributed by atoms with Gasteiger partial charge < -0.3 is 15.0 Å². The van der Waals surface area contributed by atoms with E-state index in [4.69, 9.17) is 4.74 Å². The summed E-state index contributed by atoms with van der Waals surface area (Å²) >= 11 is 0. The van der Waals surface area contributed by atoms with E-state index in [2.05, 4.69) is 10.4 Å². The molecule has 1 atom stereocenters. The number of methoxy groups -OCH3 is 1. The molecule has 1 fully saturated rings. The highest BCUT2D eigenvalue weighted by Crippen LogP contribution is 2.30. The SMILES string of the molecule is COc1ccccc1C1CNCCN1C(=O)c1ccc(=O)n(C)n1.Cl. The van der Waals surface area contributed by atoms with E-state index in [0.717, 1.165) is 11.3 Å². The van der Waals surface area contributed by atoms with Gasteiger partial charge in [0.05, 0.1) is 13.2 Å². The molecule has 0 aliphatic carbocycles. The first kappa shape index (κ1) is 19.0. The number of benzene rings is 1. The molecule has 25 heavy (non-hydrogen) atoms. The normalized spacial score (nSPS) is 16.9. The Kier molecular flexibility index (Phi) is 6.17. The summed E-state index contributed by atoms with van der Waals surface area (Å²) in [7, 11) is 3.16. The molecule has 1 unspecified atom stereocenters. The highest BCUT2D eigenvalue weighted by molar-refractivity contribution is 5.92. The van der Waals surface area contributed by atoms with Crippen LogP contribution in [0.1, 0.15) is 22.1 Å². The summed E-state index contributed by atoms with van der Waals surface area (Å²) in [5.74, 6) is 0.556. The summed E-state index contributed by atoms with van der Waals surface area (Å²) in [6.07, 6.45) is 0. The average Bonchev–Trinajstić information content (AvgIpc) is 2.63. The molecule has 8 heteroatoms. The van der Waals surface area contributed by atoms with Crippen molar-refractivity contribution in [2.75, 3.05) is 26.7 Å². The first-order valence-corrected chi connectivity index (χ1v) is 7.81. The molecule has 1 saturated heterocycles. The Hall–Kier alpha value is -2.38. The maximum absolute atomic E-state index is 12.9. The molecule has 0 bridgehead atoms. The van der Waals surface area contributed by atoms with E-state index in [1.807, 2.05) is 24.3 Å². The zero-order valence-corrected chi connectivity index (χ0v) is 15.0. The second-order valence-electron chi connectivity index (χ2n) is 5.64. The molecule has 0 radical (unpaired) electrons. The smallest absolute Gasteiger partial charge is 0.274 e. The van der Waals surface area contributed by atoms with Gasteiger partial charge in [-0.05, 0) is 12.1 Å². The Bertz CT molecular complexity index is 808. The molecule has 1 aliphatic rings. The maximum atomic E-state index is 12.9. The third kappa shape index (κ3) is 3.83. The first-order valence-electron chi connectivity index (χ1n) is 7.81. The average molecular weight is 365 g/mol. The number of nitrogens with one attached hydrogen (secondary N) is 1. The van der Waals surface area contributed by atoms with Crippen molar-refractivity contribution in [3.8, 4) is 5.75 Å². The van der Waals surface area contributed by atoms with Gasteiger partial charge in [0, 0.05) is 38.3 Å². The number of aryl methyl sites for hydroxylation is 1. The number of hydrogen-bond acceptors (Lipinski definition) is 5.